The molecule has 5 aromatic rings. The molecule has 0 unspecified atom stereocenters. The molecule has 192 valence electrons. The second-order valence-electron chi connectivity index (χ2n) is 9.17. The van der Waals surface area contributed by atoms with Crippen molar-refractivity contribution < 1.29 is 9.47 Å². The Labute approximate surface area is 226 Å². The maximum atomic E-state index is 5.53. The van der Waals surface area contributed by atoms with E-state index in [0.717, 1.165) is 46.7 Å². The first-order chi connectivity index (χ1) is 19.2. The summed E-state index contributed by atoms with van der Waals surface area (Å²) in [5.41, 5.74) is 6.45. The number of nitrogens with zero attached hydrogens (tertiary/aromatic N) is 5. The number of hydrogen-bond donors (Lipinski definition) is 1. The van der Waals surface area contributed by atoms with Crippen molar-refractivity contribution in [2.45, 2.75) is 25.3 Å². The summed E-state index contributed by atoms with van der Waals surface area (Å²) in [6.45, 7) is 0.489. The molecule has 3 heterocycles. The third-order valence-electron chi connectivity index (χ3n) is 6.79. The third-order valence-corrected chi connectivity index (χ3v) is 6.79. The van der Waals surface area contributed by atoms with Crippen LogP contribution in [0.4, 0.5) is 5.82 Å². The molecule has 0 bridgehead atoms. The van der Waals surface area contributed by atoms with E-state index in [1.807, 2.05) is 54.7 Å². The number of benzene rings is 2. The standard InChI is InChI=1S/C31H26N6O2/c1-38-25-13-12-24(27(16-25)39-2)17-33-31-29-26(35-19-36-31)18-34-30(37-29)23-6-3-5-20(15-23)8-9-22-11-10-21-7-4-14-32-28(21)22/h3-7,12-16,18-19,22H,10-11,17H2,1-2H3,(H,33,35,36)/t22-/m1/s1. The molecule has 0 radical (unpaired) electrons. The summed E-state index contributed by atoms with van der Waals surface area (Å²) in [6, 6.07) is 17.8. The average molecular weight is 515 g/mol. The molecule has 0 spiro atoms. The van der Waals surface area contributed by atoms with Crippen LogP contribution in [0, 0.1) is 11.8 Å². The van der Waals surface area contributed by atoms with Crippen molar-refractivity contribution >= 4 is 16.9 Å². The van der Waals surface area contributed by atoms with E-state index in [1.54, 1.807) is 20.4 Å². The number of nitrogens with one attached hydrogen (secondary N) is 1. The van der Waals surface area contributed by atoms with E-state index in [2.05, 4.69) is 43.2 Å². The monoisotopic (exact) mass is 514 g/mol. The Morgan fingerprint density at radius 3 is 2.82 bits per heavy atom. The van der Waals surface area contributed by atoms with Crippen molar-refractivity contribution in [2.75, 3.05) is 19.5 Å². The van der Waals surface area contributed by atoms with Crippen molar-refractivity contribution in [2.24, 2.45) is 0 Å². The molecule has 39 heavy (non-hydrogen) atoms. The van der Waals surface area contributed by atoms with Gasteiger partial charge in [0.05, 0.1) is 32.0 Å². The highest BCUT2D eigenvalue weighted by atomic mass is 16.5. The van der Waals surface area contributed by atoms with E-state index in [4.69, 9.17) is 14.5 Å². The number of anilines is 1. The zero-order valence-electron chi connectivity index (χ0n) is 21.7. The van der Waals surface area contributed by atoms with Gasteiger partial charge in [-0.05, 0) is 48.7 Å². The Hall–Kier alpha value is -5.03. The van der Waals surface area contributed by atoms with E-state index in [-0.39, 0.29) is 5.92 Å². The molecule has 1 aliphatic carbocycles. The van der Waals surface area contributed by atoms with Crippen LogP contribution in [0.3, 0.4) is 0 Å². The summed E-state index contributed by atoms with van der Waals surface area (Å²) in [5, 5.41) is 3.38. The van der Waals surface area contributed by atoms with Gasteiger partial charge in [-0.15, -0.1) is 0 Å². The van der Waals surface area contributed by atoms with E-state index in [9.17, 15) is 0 Å². The van der Waals surface area contributed by atoms with Gasteiger partial charge in [-0.25, -0.2) is 19.9 Å². The van der Waals surface area contributed by atoms with Crippen molar-refractivity contribution in [3.8, 4) is 34.7 Å². The normalized spacial score (nSPS) is 13.8. The lowest BCUT2D eigenvalue weighted by atomic mass is 10.1. The minimum absolute atomic E-state index is 0.164. The smallest absolute Gasteiger partial charge is 0.160 e. The minimum atomic E-state index is 0.164. The highest BCUT2D eigenvalue weighted by Crippen LogP contribution is 2.31. The molecule has 1 atom stereocenters. The van der Waals surface area contributed by atoms with Crippen LogP contribution in [0.1, 0.15) is 34.7 Å². The molecule has 0 fully saturated rings. The summed E-state index contributed by atoms with van der Waals surface area (Å²) < 4.78 is 10.8. The molecule has 1 N–H and O–H groups in total. The summed E-state index contributed by atoms with van der Waals surface area (Å²) in [5.74, 6) is 9.58. The van der Waals surface area contributed by atoms with Crippen LogP contribution in [0.15, 0.2) is 73.3 Å². The van der Waals surface area contributed by atoms with Gasteiger partial charge in [-0.3, -0.25) is 4.98 Å². The maximum absolute atomic E-state index is 5.53. The van der Waals surface area contributed by atoms with Gasteiger partial charge in [0, 0.05) is 35.5 Å². The number of ether oxygens (including phenoxy) is 2. The van der Waals surface area contributed by atoms with Crippen LogP contribution < -0.4 is 14.8 Å². The molecular weight excluding hydrogens is 488 g/mol. The van der Waals surface area contributed by atoms with Crippen LogP contribution in [0.25, 0.3) is 22.4 Å². The molecule has 8 heteroatoms. The molecule has 6 rings (SSSR count). The fourth-order valence-electron chi connectivity index (χ4n) is 4.76. The topological polar surface area (TPSA) is 94.9 Å². The van der Waals surface area contributed by atoms with Crippen molar-refractivity contribution in [1.82, 2.24) is 24.9 Å². The molecule has 1 aliphatic rings. The lowest BCUT2D eigenvalue weighted by molar-refractivity contribution is 0.391. The number of aromatic nitrogens is 5. The highest BCUT2D eigenvalue weighted by molar-refractivity contribution is 5.85. The first kappa shape index (κ1) is 24.3. The SMILES string of the molecule is COc1ccc(CNc2ncnc3cnc(-c4cccc(C#C[C@@H]5CCc6cccnc65)c4)nc23)c(OC)c1. The number of methoxy groups -OCH3 is 2. The highest BCUT2D eigenvalue weighted by Gasteiger charge is 2.21. The van der Waals surface area contributed by atoms with Crippen LogP contribution in [-0.4, -0.2) is 39.1 Å². The second-order valence-corrected chi connectivity index (χ2v) is 9.17. The Morgan fingerprint density at radius 1 is 0.974 bits per heavy atom. The Balaban J connectivity index is 1.26. The molecule has 8 nitrogen and oxygen atoms in total. The van der Waals surface area contributed by atoms with E-state index < -0.39 is 0 Å². The number of aryl methyl sites for hydroxylation is 1. The van der Waals surface area contributed by atoms with E-state index in [0.29, 0.717) is 29.2 Å². The van der Waals surface area contributed by atoms with Gasteiger partial charge in [0.2, 0.25) is 0 Å². The minimum Gasteiger partial charge on any atom is -0.497 e. The van der Waals surface area contributed by atoms with Gasteiger partial charge in [0.15, 0.2) is 11.6 Å². The Morgan fingerprint density at radius 2 is 1.92 bits per heavy atom. The molecule has 0 saturated heterocycles. The zero-order chi connectivity index (χ0) is 26.6. The number of pyridine rings is 1. The molecule has 3 aromatic heterocycles. The van der Waals surface area contributed by atoms with Gasteiger partial charge >= 0.3 is 0 Å². The maximum Gasteiger partial charge on any atom is 0.160 e. The van der Waals surface area contributed by atoms with E-state index in [1.165, 1.54) is 11.9 Å². The van der Waals surface area contributed by atoms with Crippen LogP contribution in [0.5, 0.6) is 11.5 Å². The molecular formula is C31H26N6O2. The predicted octanol–water partition coefficient (Wildman–Crippen LogP) is 5.19. The first-order valence-electron chi connectivity index (χ1n) is 12.7. The van der Waals surface area contributed by atoms with Crippen molar-refractivity contribution in [3.05, 3.63) is 95.7 Å². The Bertz CT molecular complexity index is 1730. The van der Waals surface area contributed by atoms with Crippen LogP contribution in [0.2, 0.25) is 0 Å². The van der Waals surface area contributed by atoms with Crippen molar-refractivity contribution in [1.29, 1.82) is 0 Å². The van der Waals surface area contributed by atoms with Crippen LogP contribution in [-0.2, 0) is 13.0 Å². The molecule has 0 saturated carbocycles. The quantitative estimate of drug-likeness (QED) is 0.309. The van der Waals surface area contributed by atoms with Gasteiger partial charge in [-0.1, -0.05) is 30.0 Å². The van der Waals surface area contributed by atoms with E-state index >= 15 is 0 Å². The Kier molecular flexibility index (Phi) is 6.71. The second kappa shape index (κ2) is 10.8. The lowest BCUT2D eigenvalue weighted by Gasteiger charge is -2.12. The van der Waals surface area contributed by atoms with Crippen LogP contribution >= 0.6 is 0 Å². The van der Waals surface area contributed by atoms with Gasteiger partial charge in [-0.2, -0.15) is 0 Å². The van der Waals surface area contributed by atoms with Gasteiger partial charge in [0.1, 0.15) is 28.9 Å². The molecule has 2 aromatic carbocycles. The summed E-state index contributed by atoms with van der Waals surface area (Å²) in [7, 11) is 3.27. The fourth-order valence-corrected chi connectivity index (χ4v) is 4.76. The zero-order valence-corrected chi connectivity index (χ0v) is 21.7. The summed E-state index contributed by atoms with van der Waals surface area (Å²) in [6.07, 6.45) is 7.10. The number of fused-ring (bicyclic) bond motifs is 2. The van der Waals surface area contributed by atoms with Crippen molar-refractivity contribution in [3.63, 3.8) is 0 Å². The largest absolute Gasteiger partial charge is 0.497 e. The molecule has 0 aliphatic heterocycles. The number of hydrogen-bond acceptors (Lipinski definition) is 8. The summed E-state index contributed by atoms with van der Waals surface area (Å²) >= 11 is 0. The lowest BCUT2D eigenvalue weighted by Crippen LogP contribution is -2.05. The fraction of sp³-hybridized carbons (Fsp3) is 0.194. The molecule has 0 amide bonds. The summed E-state index contributed by atoms with van der Waals surface area (Å²) in [4.78, 5) is 22.8. The van der Waals surface area contributed by atoms with Gasteiger partial charge < -0.3 is 14.8 Å². The predicted molar refractivity (Wildman–Crippen MR) is 150 cm³/mol. The third kappa shape index (κ3) is 5.07. The number of rotatable bonds is 6. The van der Waals surface area contributed by atoms with Gasteiger partial charge in [0.25, 0.3) is 0 Å². The first-order valence-corrected chi connectivity index (χ1v) is 12.7. The average Bonchev–Trinajstić information content (AvgIpc) is 3.42.